The topological polar surface area (TPSA) is 3.24 Å². The van der Waals surface area contributed by atoms with Gasteiger partial charge in [0.05, 0.1) is 4.34 Å². The van der Waals surface area contributed by atoms with Crippen LogP contribution in [0.1, 0.15) is 18.4 Å². The van der Waals surface area contributed by atoms with Gasteiger partial charge in [-0.2, -0.15) is 0 Å². The lowest BCUT2D eigenvalue weighted by Gasteiger charge is -2.28. The number of likely N-dealkylation sites (tertiary alicyclic amines) is 1. The van der Waals surface area contributed by atoms with E-state index in [1.54, 1.807) is 11.3 Å². The zero-order valence-electron chi connectivity index (χ0n) is 7.88. The quantitative estimate of drug-likeness (QED) is 0.725. The predicted molar refractivity (Wildman–Crippen MR) is 63.5 cm³/mol. The van der Waals surface area contributed by atoms with Crippen molar-refractivity contribution in [1.29, 1.82) is 0 Å². The van der Waals surface area contributed by atoms with Crippen LogP contribution < -0.4 is 0 Å². The molecule has 0 N–H and O–H groups in total. The first-order valence-electron chi connectivity index (χ1n) is 4.83. The van der Waals surface area contributed by atoms with Gasteiger partial charge in [-0.3, -0.25) is 4.90 Å². The van der Waals surface area contributed by atoms with Crippen molar-refractivity contribution >= 4 is 34.5 Å². The number of hydrogen-bond donors (Lipinski definition) is 0. The highest BCUT2D eigenvalue weighted by atomic mass is 35.5. The molecule has 0 radical (unpaired) electrons. The Morgan fingerprint density at radius 3 is 2.71 bits per heavy atom. The zero-order chi connectivity index (χ0) is 9.97. The minimum atomic E-state index is 0.386. The van der Waals surface area contributed by atoms with Gasteiger partial charge in [0.25, 0.3) is 0 Å². The second kappa shape index (κ2) is 4.84. The SMILES string of the molecule is Clc1cc(CN2CCC(Cl)CC2)cs1. The van der Waals surface area contributed by atoms with E-state index in [4.69, 9.17) is 23.2 Å². The van der Waals surface area contributed by atoms with Gasteiger partial charge in [0, 0.05) is 11.9 Å². The molecule has 1 fully saturated rings. The van der Waals surface area contributed by atoms with Crippen LogP contribution in [0.25, 0.3) is 0 Å². The van der Waals surface area contributed by atoms with Crippen molar-refractivity contribution < 1.29 is 0 Å². The Morgan fingerprint density at radius 2 is 2.14 bits per heavy atom. The van der Waals surface area contributed by atoms with Gasteiger partial charge in [-0.1, -0.05) is 11.6 Å². The standard InChI is InChI=1S/C10H13Cl2NS/c11-9-1-3-13(4-2-9)6-8-5-10(12)14-7-8/h5,7,9H,1-4,6H2. The fourth-order valence-corrected chi connectivity index (χ4v) is 2.84. The summed E-state index contributed by atoms with van der Waals surface area (Å²) >= 11 is 13.5. The molecular weight excluding hydrogens is 237 g/mol. The maximum Gasteiger partial charge on any atom is 0.0931 e. The van der Waals surface area contributed by atoms with Gasteiger partial charge in [0.1, 0.15) is 0 Å². The molecule has 0 aromatic carbocycles. The number of piperidine rings is 1. The third-order valence-corrected chi connectivity index (χ3v) is 4.12. The highest BCUT2D eigenvalue weighted by molar-refractivity contribution is 7.14. The molecule has 14 heavy (non-hydrogen) atoms. The number of halogens is 2. The van der Waals surface area contributed by atoms with Gasteiger partial charge in [0.15, 0.2) is 0 Å². The summed E-state index contributed by atoms with van der Waals surface area (Å²) in [6, 6.07) is 2.05. The third-order valence-electron chi connectivity index (χ3n) is 2.55. The molecule has 1 aliphatic heterocycles. The molecule has 0 aliphatic carbocycles. The first-order chi connectivity index (χ1) is 6.74. The second-order valence-corrected chi connectivity index (χ2v) is 5.87. The molecule has 0 amide bonds. The zero-order valence-corrected chi connectivity index (χ0v) is 10.2. The van der Waals surface area contributed by atoms with Gasteiger partial charge in [-0.15, -0.1) is 22.9 Å². The maximum atomic E-state index is 6.04. The Hall–Kier alpha value is 0.240. The molecule has 1 aromatic heterocycles. The van der Waals surface area contributed by atoms with Crippen LogP contribution in [0.15, 0.2) is 11.4 Å². The summed E-state index contributed by atoms with van der Waals surface area (Å²) in [5.74, 6) is 0. The van der Waals surface area contributed by atoms with Crippen molar-refractivity contribution in [1.82, 2.24) is 4.90 Å². The Bertz CT molecular complexity index is 292. The lowest BCUT2D eigenvalue weighted by molar-refractivity contribution is 0.223. The molecule has 1 aromatic rings. The highest BCUT2D eigenvalue weighted by Gasteiger charge is 2.17. The molecule has 0 atom stereocenters. The largest absolute Gasteiger partial charge is 0.299 e. The van der Waals surface area contributed by atoms with Crippen molar-refractivity contribution in [3.8, 4) is 0 Å². The molecule has 0 unspecified atom stereocenters. The van der Waals surface area contributed by atoms with Crippen LogP contribution >= 0.6 is 34.5 Å². The van der Waals surface area contributed by atoms with Gasteiger partial charge >= 0.3 is 0 Å². The van der Waals surface area contributed by atoms with Crippen LogP contribution in [-0.4, -0.2) is 23.4 Å². The van der Waals surface area contributed by atoms with E-state index in [1.165, 1.54) is 5.56 Å². The van der Waals surface area contributed by atoms with Crippen molar-refractivity contribution in [2.24, 2.45) is 0 Å². The molecule has 2 rings (SSSR count). The summed E-state index contributed by atoms with van der Waals surface area (Å²) in [5.41, 5.74) is 1.33. The number of rotatable bonds is 2. The number of alkyl halides is 1. The molecule has 4 heteroatoms. The lowest BCUT2D eigenvalue weighted by Crippen LogP contribution is -2.33. The molecule has 1 nitrogen and oxygen atoms in total. The molecule has 2 heterocycles. The average Bonchev–Trinajstić information content (AvgIpc) is 2.56. The van der Waals surface area contributed by atoms with Crippen LogP contribution in [0.5, 0.6) is 0 Å². The number of hydrogen-bond acceptors (Lipinski definition) is 2. The Kier molecular flexibility index (Phi) is 3.72. The fraction of sp³-hybridized carbons (Fsp3) is 0.600. The van der Waals surface area contributed by atoms with Gasteiger partial charge in [-0.25, -0.2) is 0 Å². The minimum Gasteiger partial charge on any atom is -0.299 e. The van der Waals surface area contributed by atoms with Crippen LogP contribution in [0.3, 0.4) is 0 Å². The summed E-state index contributed by atoms with van der Waals surface area (Å²) in [6.07, 6.45) is 2.22. The Balaban J connectivity index is 1.86. The van der Waals surface area contributed by atoms with Crippen LogP contribution in [0, 0.1) is 0 Å². The van der Waals surface area contributed by atoms with Gasteiger partial charge in [0.2, 0.25) is 0 Å². The van der Waals surface area contributed by atoms with E-state index >= 15 is 0 Å². The van der Waals surface area contributed by atoms with Gasteiger partial charge in [-0.05, 0) is 42.9 Å². The van der Waals surface area contributed by atoms with E-state index in [9.17, 15) is 0 Å². The summed E-state index contributed by atoms with van der Waals surface area (Å²) in [6.45, 7) is 3.25. The minimum absolute atomic E-state index is 0.386. The number of thiophene rings is 1. The van der Waals surface area contributed by atoms with E-state index in [1.807, 2.05) is 0 Å². The highest BCUT2D eigenvalue weighted by Crippen LogP contribution is 2.23. The second-order valence-electron chi connectivity index (χ2n) is 3.71. The normalized spacial score (nSPS) is 20.1. The average molecular weight is 250 g/mol. The van der Waals surface area contributed by atoms with Crippen LogP contribution in [0.4, 0.5) is 0 Å². The van der Waals surface area contributed by atoms with E-state index in [0.29, 0.717) is 5.38 Å². The van der Waals surface area contributed by atoms with Crippen molar-refractivity contribution in [3.63, 3.8) is 0 Å². The number of nitrogens with zero attached hydrogens (tertiary/aromatic N) is 1. The molecule has 0 saturated carbocycles. The summed E-state index contributed by atoms with van der Waals surface area (Å²) in [5, 5.41) is 2.52. The summed E-state index contributed by atoms with van der Waals surface area (Å²) in [7, 11) is 0. The van der Waals surface area contributed by atoms with E-state index in [-0.39, 0.29) is 0 Å². The van der Waals surface area contributed by atoms with E-state index in [2.05, 4.69) is 16.3 Å². The first kappa shape index (κ1) is 10.7. The predicted octanol–water partition coefficient (Wildman–Crippen LogP) is 3.60. The van der Waals surface area contributed by atoms with Crippen LogP contribution in [-0.2, 0) is 6.54 Å². The molecule has 0 bridgehead atoms. The lowest BCUT2D eigenvalue weighted by atomic mass is 10.1. The maximum absolute atomic E-state index is 6.04. The van der Waals surface area contributed by atoms with Crippen LogP contribution in [0.2, 0.25) is 4.34 Å². The molecule has 78 valence electrons. The monoisotopic (exact) mass is 249 g/mol. The van der Waals surface area contributed by atoms with E-state index < -0.39 is 0 Å². The van der Waals surface area contributed by atoms with Crippen molar-refractivity contribution in [3.05, 3.63) is 21.3 Å². The molecule has 1 saturated heterocycles. The van der Waals surface area contributed by atoms with Crippen molar-refractivity contribution in [2.45, 2.75) is 24.8 Å². The smallest absolute Gasteiger partial charge is 0.0931 e. The Labute approximate surface area is 98.6 Å². The Morgan fingerprint density at radius 1 is 1.43 bits per heavy atom. The first-order valence-corrected chi connectivity index (χ1v) is 6.53. The van der Waals surface area contributed by atoms with Gasteiger partial charge < -0.3 is 0 Å². The molecule has 0 spiro atoms. The van der Waals surface area contributed by atoms with Crippen molar-refractivity contribution in [2.75, 3.05) is 13.1 Å². The summed E-state index contributed by atoms with van der Waals surface area (Å²) < 4.78 is 0.882. The molecule has 1 aliphatic rings. The third kappa shape index (κ3) is 2.86. The molecular formula is C10H13Cl2NS. The fourth-order valence-electron chi connectivity index (χ4n) is 1.75. The van der Waals surface area contributed by atoms with E-state index in [0.717, 1.165) is 36.8 Å². The summed E-state index contributed by atoms with van der Waals surface area (Å²) in [4.78, 5) is 2.44.